The van der Waals surface area contributed by atoms with Gasteiger partial charge in [-0.05, 0) is 24.3 Å². The molecule has 0 fully saturated rings. The summed E-state index contributed by atoms with van der Waals surface area (Å²) >= 11 is 0. The molecule has 0 radical (unpaired) electrons. The number of halogens is 2. The van der Waals surface area contributed by atoms with Gasteiger partial charge in [-0.1, -0.05) is 0 Å². The Hall–Kier alpha value is -2.70. The quantitative estimate of drug-likeness (QED) is 0.677. The monoisotopic (exact) mass is 294 g/mol. The predicted octanol–water partition coefficient (Wildman–Crippen LogP) is 3.49. The molecule has 5 nitrogen and oxygen atoms in total. The van der Waals surface area contributed by atoms with Gasteiger partial charge in [0.25, 0.3) is 5.69 Å². The maximum absolute atomic E-state index is 13.5. The van der Waals surface area contributed by atoms with Gasteiger partial charge >= 0.3 is 0 Å². The van der Waals surface area contributed by atoms with Crippen LogP contribution >= 0.6 is 0 Å². The molecule has 0 saturated heterocycles. The Kier molecular flexibility index (Phi) is 4.32. The number of ether oxygens (including phenoxy) is 1. The standard InChI is InChI=1S/C14H12F2N2O3/c1-21-14-5-3-11(18(19)20)6-9(14)8-17-13-7-10(15)2-4-12(13)16/h2-7,17H,8H2,1H3. The average Bonchev–Trinajstić information content (AvgIpc) is 2.47. The maximum Gasteiger partial charge on any atom is 0.270 e. The third-order valence-corrected chi connectivity index (χ3v) is 2.87. The van der Waals surface area contributed by atoms with Crippen molar-refractivity contribution in [3.63, 3.8) is 0 Å². The first-order valence-corrected chi connectivity index (χ1v) is 6.01. The Morgan fingerprint density at radius 1 is 1.24 bits per heavy atom. The molecule has 110 valence electrons. The van der Waals surface area contributed by atoms with E-state index in [0.29, 0.717) is 11.3 Å². The number of non-ortho nitro benzene ring substituents is 1. The van der Waals surface area contributed by atoms with Crippen LogP contribution in [-0.2, 0) is 6.54 Å². The molecule has 0 bridgehead atoms. The van der Waals surface area contributed by atoms with Crippen LogP contribution in [0.4, 0.5) is 20.2 Å². The summed E-state index contributed by atoms with van der Waals surface area (Å²) in [4.78, 5) is 10.2. The zero-order valence-electron chi connectivity index (χ0n) is 11.1. The fraction of sp³-hybridized carbons (Fsp3) is 0.143. The molecule has 2 aromatic rings. The molecule has 2 aromatic carbocycles. The van der Waals surface area contributed by atoms with Crippen molar-refractivity contribution in [2.24, 2.45) is 0 Å². The summed E-state index contributed by atoms with van der Waals surface area (Å²) in [7, 11) is 1.42. The molecule has 0 heterocycles. The van der Waals surface area contributed by atoms with Gasteiger partial charge in [0.15, 0.2) is 0 Å². The highest BCUT2D eigenvalue weighted by molar-refractivity contribution is 5.49. The van der Waals surface area contributed by atoms with Gasteiger partial charge in [-0.25, -0.2) is 8.78 Å². The summed E-state index contributed by atoms with van der Waals surface area (Å²) in [6.45, 7) is 0.0607. The van der Waals surface area contributed by atoms with Crippen molar-refractivity contribution in [1.29, 1.82) is 0 Å². The third kappa shape index (κ3) is 3.44. The Morgan fingerprint density at radius 2 is 2.00 bits per heavy atom. The van der Waals surface area contributed by atoms with E-state index in [0.717, 1.165) is 18.2 Å². The zero-order valence-corrected chi connectivity index (χ0v) is 11.1. The van der Waals surface area contributed by atoms with E-state index in [1.807, 2.05) is 0 Å². The van der Waals surface area contributed by atoms with E-state index >= 15 is 0 Å². The van der Waals surface area contributed by atoms with Gasteiger partial charge in [-0.2, -0.15) is 0 Å². The average molecular weight is 294 g/mol. The molecule has 0 unspecified atom stereocenters. The van der Waals surface area contributed by atoms with Crippen LogP contribution in [0.5, 0.6) is 5.75 Å². The van der Waals surface area contributed by atoms with Crippen LogP contribution in [0, 0.1) is 21.7 Å². The molecule has 0 spiro atoms. The van der Waals surface area contributed by atoms with E-state index < -0.39 is 16.6 Å². The Morgan fingerprint density at radius 3 is 2.67 bits per heavy atom. The normalized spacial score (nSPS) is 10.2. The van der Waals surface area contributed by atoms with Gasteiger partial charge in [0.1, 0.15) is 17.4 Å². The minimum atomic E-state index is -0.610. The van der Waals surface area contributed by atoms with Crippen molar-refractivity contribution in [2.45, 2.75) is 6.54 Å². The number of hydrogen-bond acceptors (Lipinski definition) is 4. The number of anilines is 1. The lowest BCUT2D eigenvalue weighted by Gasteiger charge is -2.11. The maximum atomic E-state index is 13.5. The summed E-state index contributed by atoms with van der Waals surface area (Å²) in [6.07, 6.45) is 0. The lowest BCUT2D eigenvalue weighted by molar-refractivity contribution is -0.384. The van der Waals surface area contributed by atoms with E-state index in [2.05, 4.69) is 5.32 Å². The van der Waals surface area contributed by atoms with E-state index in [1.54, 1.807) is 0 Å². The smallest absolute Gasteiger partial charge is 0.270 e. The number of methoxy groups -OCH3 is 1. The molecule has 21 heavy (non-hydrogen) atoms. The molecule has 1 N–H and O–H groups in total. The zero-order chi connectivity index (χ0) is 15.4. The molecule has 2 rings (SSSR count). The first-order chi connectivity index (χ1) is 10.0. The number of hydrogen-bond donors (Lipinski definition) is 1. The Balaban J connectivity index is 2.24. The largest absolute Gasteiger partial charge is 0.496 e. The van der Waals surface area contributed by atoms with Crippen LogP contribution < -0.4 is 10.1 Å². The topological polar surface area (TPSA) is 64.4 Å². The highest BCUT2D eigenvalue weighted by atomic mass is 19.1. The van der Waals surface area contributed by atoms with E-state index in [4.69, 9.17) is 4.74 Å². The minimum Gasteiger partial charge on any atom is -0.496 e. The Bertz CT molecular complexity index is 677. The lowest BCUT2D eigenvalue weighted by atomic mass is 10.1. The molecule has 0 aliphatic heterocycles. The first kappa shape index (κ1) is 14.7. The highest BCUT2D eigenvalue weighted by Crippen LogP contribution is 2.25. The highest BCUT2D eigenvalue weighted by Gasteiger charge is 2.12. The van der Waals surface area contributed by atoms with Gasteiger partial charge in [0.05, 0.1) is 17.7 Å². The number of nitro benzene ring substituents is 1. The van der Waals surface area contributed by atoms with Crippen LogP contribution in [0.25, 0.3) is 0 Å². The number of benzene rings is 2. The van der Waals surface area contributed by atoms with E-state index in [9.17, 15) is 18.9 Å². The van der Waals surface area contributed by atoms with E-state index in [-0.39, 0.29) is 17.9 Å². The Labute approximate surface area is 119 Å². The van der Waals surface area contributed by atoms with Crippen molar-refractivity contribution in [3.8, 4) is 5.75 Å². The summed E-state index contributed by atoms with van der Waals surface area (Å²) in [6, 6.07) is 7.11. The van der Waals surface area contributed by atoms with Gasteiger partial charge in [0, 0.05) is 24.2 Å². The van der Waals surface area contributed by atoms with Crippen molar-refractivity contribution >= 4 is 11.4 Å². The number of nitrogens with one attached hydrogen (secondary N) is 1. The second-order valence-corrected chi connectivity index (χ2v) is 4.23. The molecule has 0 aromatic heterocycles. The fourth-order valence-electron chi connectivity index (χ4n) is 1.84. The second-order valence-electron chi connectivity index (χ2n) is 4.23. The van der Waals surface area contributed by atoms with Crippen molar-refractivity contribution < 1.29 is 18.4 Å². The third-order valence-electron chi connectivity index (χ3n) is 2.87. The second kappa shape index (κ2) is 6.17. The summed E-state index contributed by atoms with van der Waals surface area (Å²) in [5, 5.41) is 13.5. The van der Waals surface area contributed by atoms with Crippen LogP contribution in [0.3, 0.4) is 0 Å². The summed E-state index contributed by atoms with van der Waals surface area (Å²) in [5.74, 6) is -0.768. The minimum absolute atomic E-state index is 0.0245. The van der Waals surface area contributed by atoms with Crippen LogP contribution in [0.15, 0.2) is 36.4 Å². The van der Waals surface area contributed by atoms with Gasteiger partial charge < -0.3 is 10.1 Å². The lowest BCUT2D eigenvalue weighted by Crippen LogP contribution is -2.04. The molecule has 0 saturated carbocycles. The van der Waals surface area contributed by atoms with Crippen molar-refractivity contribution in [1.82, 2.24) is 0 Å². The SMILES string of the molecule is COc1ccc([N+](=O)[O-])cc1CNc1cc(F)ccc1F. The van der Waals surface area contributed by atoms with Crippen LogP contribution in [0.1, 0.15) is 5.56 Å². The summed E-state index contributed by atoms with van der Waals surface area (Å²) < 4.78 is 31.7. The van der Waals surface area contributed by atoms with Gasteiger partial charge in [0.2, 0.25) is 0 Å². The van der Waals surface area contributed by atoms with Crippen molar-refractivity contribution in [3.05, 3.63) is 63.7 Å². The molecule has 0 atom stereocenters. The molecular weight excluding hydrogens is 282 g/mol. The van der Waals surface area contributed by atoms with E-state index in [1.165, 1.54) is 25.3 Å². The van der Waals surface area contributed by atoms with Crippen LogP contribution in [0.2, 0.25) is 0 Å². The fourth-order valence-corrected chi connectivity index (χ4v) is 1.84. The van der Waals surface area contributed by atoms with Gasteiger partial charge in [-0.15, -0.1) is 0 Å². The number of rotatable bonds is 5. The molecule has 0 aliphatic carbocycles. The molecule has 0 aliphatic rings. The van der Waals surface area contributed by atoms with Gasteiger partial charge in [-0.3, -0.25) is 10.1 Å². The van der Waals surface area contributed by atoms with Crippen molar-refractivity contribution in [2.75, 3.05) is 12.4 Å². The van der Waals surface area contributed by atoms with Crippen LogP contribution in [-0.4, -0.2) is 12.0 Å². The molecule has 0 amide bonds. The predicted molar refractivity (Wildman–Crippen MR) is 73.3 cm³/mol. The number of nitrogens with zero attached hydrogens (tertiary/aromatic N) is 1. The number of nitro groups is 1. The molecular formula is C14H12F2N2O3. The molecule has 7 heteroatoms. The first-order valence-electron chi connectivity index (χ1n) is 6.01. The summed E-state index contributed by atoms with van der Waals surface area (Å²) in [5.41, 5.74) is 0.339.